The maximum absolute atomic E-state index is 14.5. The van der Waals surface area contributed by atoms with Crippen LogP contribution in [0.5, 0.6) is 23.0 Å². The summed E-state index contributed by atoms with van der Waals surface area (Å²) in [5.41, 5.74) is 3.32. The molecule has 0 fully saturated rings. The lowest BCUT2D eigenvalue weighted by atomic mass is 9.92. The second kappa shape index (κ2) is 15.5. The van der Waals surface area contributed by atoms with Gasteiger partial charge in [-0.2, -0.15) is 5.26 Å². The van der Waals surface area contributed by atoms with E-state index in [9.17, 15) is 14.9 Å². The first-order valence-corrected chi connectivity index (χ1v) is 17.4. The van der Waals surface area contributed by atoms with Crippen LogP contribution in [0.3, 0.4) is 0 Å². The molecule has 4 aromatic carbocycles. The van der Waals surface area contributed by atoms with Crippen molar-refractivity contribution in [2.75, 3.05) is 27.9 Å². The Hall–Kier alpha value is -5.64. The molecule has 0 aliphatic carbocycles. The van der Waals surface area contributed by atoms with Gasteiger partial charge in [-0.1, -0.05) is 87.9 Å². The van der Waals surface area contributed by atoms with Crippen molar-refractivity contribution in [2.24, 2.45) is 4.99 Å². The normalized spacial score (nSPS) is 13.9. The molecule has 0 N–H and O–H groups in total. The molecular formula is C39H32BrN3O7S. The molecule has 51 heavy (non-hydrogen) atoms. The molecular weight excluding hydrogens is 734 g/mol. The minimum atomic E-state index is -0.965. The molecule has 0 radical (unpaired) electrons. The van der Waals surface area contributed by atoms with Crippen LogP contribution < -0.4 is 33.8 Å². The van der Waals surface area contributed by atoms with Crippen molar-refractivity contribution in [1.82, 2.24) is 4.57 Å². The summed E-state index contributed by atoms with van der Waals surface area (Å²) in [6.45, 7) is 2.01. The number of halogens is 1. The first-order chi connectivity index (χ1) is 24.8. The maximum Gasteiger partial charge on any atom is 0.338 e. The average molecular weight is 767 g/mol. The van der Waals surface area contributed by atoms with E-state index in [1.807, 2.05) is 42.5 Å². The van der Waals surface area contributed by atoms with Crippen molar-refractivity contribution in [3.05, 3.63) is 142 Å². The average Bonchev–Trinajstić information content (AvgIpc) is 3.47. The van der Waals surface area contributed by atoms with Crippen molar-refractivity contribution in [1.29, 1.82) is 5.26 Å². The van der Waals surface area contributed by atoms with Crippen molar-refractivity contribution >= 4 is 45.0 Å². The molecule has 10 nitrogen and oxygen atoms in total. The van der Waals surface area contributed by atoms with Crippen LogP contribution in [0, 0.1) is 11.3 Å². The summed E-state index contributed by atoms with van der Waals surface area (Å²) in [6, 6.07) is 26.6. The molecule has 12 heteroatoms. The topological polar surface area (TPSA) is 121 Å². The zero-order valence-electron chi connectivity index (χ0n) is 28.1. The van der Waals surface area contributed by atoms with Crippen LogP contribution >= 0.6 is 27.3 Å². The lowest BCUT2D eigenvalue weighted by Crippen LogP contribution is -2.40. The van der Waals surface area contributed by atoms with Crippen LogP contribution in [0.25, 0.3) is 11.8 Å². The number of aromatic nitrogens is 1. The quantitative estimate of drug-likeness (QED) is 0.146. The molecule has 6 rings (SSSR count). The van der Waals surface area contributed by atoms with Crippen LogP contribution in [0.2, 0.25) is 0 Å². The molecule has 1 aliphatic heterocycles. The summed E-state index contributed by atoms with van der Waals surface area (Å²) in [7, 11) is 4.57. The number of rotatable bonds is 11. The van der Waals surface area contributed by atoms with Crippen LogP contribution in [0.1, 0.15) is 40.8 Å². The van der Waals surface area contributed by atoms with Crippen LogP contribution in [0.15, 0.2) is 105 Å². The van der Waals surface area contributed by atoms with Gasteiger partial charge in [-0.05, 0) is 42.8 Å². The van der Waals surface area contributed by atoms with Gasteiger partial charge in [0.25, 0.3) is 5.56 Å². The third-order valence-electron chi connectivity index (χ3n) is 8.19. The second-order valence-electron chi connectivity index (χ2n) is 11.1. The van der Waals surface area contributed by atoms with Gasteiger partial charge in [0.1, 0.15) is 12.6 Å². The van der Waals surface area contributed by atoms with Gasteiger partial charge >= 0.3 is 5.97 Å². The van der Waals surface area contributed by atoms with E-state index >= 15 is 0 Å². The van der Waals surface area contributed by atoms with Crippen LogP contribution in [0.4, 0.5) is 0 Å². The van der Waals surface area contributed by atoms with E-state index in [-0.39, 0.29) is 24.3 Å². The number of nitrogens with zero attached hydrogens (tertiary/aromatic N) is 3. The van der Waals surface area contributed by atoms with Gasteiger partial charge in [0, 0.05) is 21.2 Å². The Morgan fingerprint density at radius 2 is 1.71 bits per heavy atom. The number of carbonyl (C=O) groups is 1. The number of esters is 1. The number of ether oxygens (including phenoxy) is 5. The summed E-state index contributed by atoms with van der Waals surface area (Å²) in [5, 5.41) is 9.48. The molecule has 0 unspecified atom stereocenters. The molecule has 0 spiro atoms. The summed E-state index contributed by atoms with van der Waals surface area (Å²) < 4.78 is 31.3. The molecule has 0 bridgehead atoms. The minimum absolute atomic E-state index is 0.122. The van der Waals surface area contributed by atoms with Gasteiger partial charge < -0.3 is 23.7 Å². The number of nitriles is 1. The van der Waals surface area contributed by atoms with Gasteiger partial charge in [0.2, 0.25) is 0 Å². The number of para-hydroxylation sites is 1. The fraction of sp³-hybridized carbons (Fsp3) is 0.179. The molecule has 258 valence electrons. The lowest BCUT2D eigenvalue weighted by Gasteiger charge is -2.27. The Balaban J connectivity index is 1.54. The Morgan fingerprint density at radius 3 is 2.41 bits per heavy atom. The summed E-state index contributed by atoms with van der Waals surface area (Å²) in [6.07, 6.45) is 1.74. The van der Waals surface area contributed by atoms with E-state index in [1.165, 1.54) is 37.2 Å². The van der Waals surface area contributed by atoms with E-state index in [2.05, 4.69) is 22.0 Å². The molecule has 1 aliphatic rings. The Bertz CT molecular complexity index is 2380. The highest BCUT2D eigenvalue weighted by atomic mass is 79.9. The monoisotopic (exact) mass is 765 g/mol. The van der Waals surface area contributed by atoms with Crippen molar-refractivity contribution in [2.45, 2.75) is 19.6 Å². The highest BCUT2D eigenvalue weighted by Crippen LogP contribution is 2.42. The molecule has 5 aromatic rings. The standard InChI is InChI=1S/C39H32BrN3O7S/c1-5-49-38(45)33-34(23-12-7-6-8-13-23)42-39-43(35(33)27-16-11-17-29(46-2)36(27)48-4)37(44)32(51-39)19-26-18-30(47-3)31(20-28(26)40)50-22-25-15-10-9-14-24(25)21-41/h6-20,35H,5,22H2,1-4H3/b32-19-/t35-/m0/s1. The van der Waals surface area contributed by atoms with Crippen molar-refractivity contribution in [3.8, 4) is 29.1 Å². The van der Waals surface area contributed by atoms with Crippen LogP contribution in [-0.2, 0) is 16.1 Å². The zero-order valence-corrected chi connectivity index (χ0v) is 30.5. The number of fused-ring (bicyclic) bond motifs is 1. The zero-order chi connectivity index (χ0) is 36.1. The summed E-state index contributed by atoms with van der Waals surface area (Å²) >= 11 is 4.83. The molecule has 2 heterocycles. The van der Waals surface area contributed by atoms with Gasteiger partial charge in [0.05, 0.1) is 55.4 Å². The largest absolute Gasteiger partial charge is 0.493 e. The Labute approximate surface area is 306 Å². The Kier molecular flexibility index (Phi) is 10.7. The summed E-state index contributed by atoms with van der Waals surface area (Å²) in [4.78, 5) is 33.7. The van der Waals surface area contributed by atoms with Crippen LogP contribution in [-0.4, -0.2) is 38.5 Å². The Morgan fingerprint density at radius 1 is 0.961 bits per heavy atom. The minimum Gasteiger partial charge on any atom is -0.493 e. The number of methoxy groups -OCH3 is 3. The number of thiazole rings is 1. The van der Waals surface area contributed by atoms with Crippen molar-refractivity contribution in [3.63, 3.8) is 0 Å². The van der Waals surface area contributed by atoms with Gasteiger partial charge in [-0.3, -0.25) is 9.36 Å². The first kappa shape index (κ1) is 35.2. The number of carbonyl (C=O) groups excluding carboxylic acids is 1. The summed E-state index contributed by atoms with van der Waals surface area (Å²) in [5.74, 6) is 1.09. The van der Waals surface area contributed by atoms with E-state index in [1.54, 1.807) is 55.5 Å². The smallest absolute Gasteiger partial charge is 0.338 e. The predicted molar refractivity (Wildman–Crippen MR) is 197 cm³/mol. The highest BCUT2D eigenvalue weighted by Gasteiger charge is 2.37. The van der Waals surface area contributed by atoms with Gasteiger partial charge in [-0.15, -0.1) is 0 Å². The lowest BCUT2D eigenvalue weighted by molar-refractivity contribution is -0.138. The molecule has 1 atom stereocenters. The third kappa shape index (κ3) is 6.91. The second-order valence-corrected chi connectivity index (χ2v) is 13.0. The van der Waals surface area contributed by atoms with E-state index < -0.39 is 12.0 Å². The van der Waals surface area contributed by atoms with E-state index in [4.69, 9.17) is 28.7 Å². The van der Waals surface area contributed by atoms with E-state index in [0.29, 0.717) is 64.8 Å². The van der Waals surface area contributed by atoms with E-state index in [0.717, 1.165) is 5.56 Å². The molecule has 1 aromatic heterocycles. The van der Waals surface area contributed by atoms with Crippen molar-refractivity contribution < 1.29 is 28.5 Å². The fourth-order valence-electron chi connectivity index (χ4n) is 5.85. The van der Waals surface area contributed by atoms with Gasteiger partial charge in [0.15, 0.2) is 27.8 Å². The fourth-order valence-corrected chi connectivity index (χ4v) is 7.28. The first-order valence-electron chi connectivity index (χ1n) is 15.8. The number of benzene rings is 4. The predicted octanol–water partition coefficient (Wildman–Crippen LogP) is 6.17. The molecule has 0 saturated heterocycles. The number of hydrogen-bond donors (Lipinski definition) is 0. The number of hydrogen-bond acceptors (Lipinski definition) is 10. The third-order valence-corrected chi connectivity index (χ3v) is 9.86. The molecule has 0 amide bonds. The SMILES string of the molecule is CCOC(=O)C1=C(c2ccccc2)N=c2s/c(=C\c3cc(OC)c(OCc4ccccc4C#N)cc3Br)c(=O)n2[C@H]1c1cccc(OC)c1OC. The molecule has 0 saturated carbocycles. The van der Waals surface area contributed by atoms with Gasteiger partial charge in [-0.25, -0.2) is 9.79 Å². The maximum atomic E-state index is 14.5. The highest BCUT2D eigenvalue weighted by molar-refractivity contribution is 9.10.